The molecular weight excluding hydrogens is 256 g/mol. The van der Waals surface area contributed by atoms with Gasteiger partial charge in [-0.3, -0.25) is 9.69 Å². The zero-order chi connectivity index (χ0) is 15.0. The van der Waals surface area contributed by atoms with E-state index in [0.29, 0.717) is 26.1 Å². The molecule has 1 amide bonds. The lowest BCUT2D eigenvalue weighted by Gasteiger charge is -2.17. The maximum atomic E-state index is 11.8. The molecule has 0 aliphatic rings. The Morgan fingerprint density at radius 1 is 1.40 bits per heavy atom. The van der Waals surface area contributed by atoms with Crippen molar-refractivity contribution < 1.29 is 14.6 Å². The Bertz CT molecular complexity index is 404. The first-order valence-corrected chi connectivity index (χ1v) is 6.90. The number of nitrogens with zero attached hydrogens (tertiary/aromatic N) is 1. The summed E-state index contributed by atoms with van der Waals surface area (Å²) in [5.74, 6) is 0.724. The summed E-state index contributed by atoms with van der Waals surface area (Å²) < 4.78 is 5.34. The highest BCUT2D eigenvalue weighted by Crippen LogP contribution is 2.15. The van der Waals surface area contributed by atoms with Gasteiger partial charge in [-0.25, -0.2) is 0 Å². The summed E-state index contributed by atoms with van der Waals surface area (Å²) in [7, 11) is 1.86. The molecule has 5 nitrogen and oxygen atoms in total. The lowest BCUT2D eigenvalue weighted by Crippen LogP contribution is -2.32. The number of aliphatic hydroxyl groups excluding tert-OH is 1. The van der Waals surface area contributed by atoms with Gasteiger partial charge in [0.05, 0.1) is 19.3 Å². The number of hydrogen-bond acceptors (Lipinski definition) is 4. The lowest BCUT2D eigenvalue weighted by atomic mass is 10.2. The van der Waals surface area contributed by atoms with Gasteiger partial charge in [-0.15, -0.1) is 0 Å². The molecule has 0 saturated carbocycles. The first-order valence-electron chi connectivity index (χ1n) is 6.90. The molecule has 5 heteroatoms. The minimum Gasteiger partial charge on any atom is -0.494 e. The van der Waals surface area contributed by atoms with Crippen LogP contribution in [-0.4, -0.2) is 48.8 Å². The first-order chi connectivity index (χ1) is 9.51. The Balaban J connectivity index is 2.37. The normalized spacial score (nSPS) is 12.2. The van der Waals surface area contributed by atoms with Crippen molar-refractivity contribution >= 4 is 11.6 Å². The van der Waals surface area contributed by atoms with Gasteiger partial charge in [-0.2, -0.15) is 0 Å². The SMILES string of the molecule is CCOc1ccc(NC(=O)CN(C)CCC(C)O)cc1. The van der Waals surface area contributed by atoms with E-state index in [1.165, 1.54) is 0 Å². The van der Waals surface area contributed by atoms with Crippen LogP contribution in [0, 0.1) is 0 Å². The predicted molar refractivity (Wildman–Crippen MR) is 80.0 cm³/mol. The molecule has 0 fully saturated rings. The molecule has 0 aliphatic carbocycles. The van der Waals surface area contributed by atoms with E-state index in [4.69, 9.17) is 4.74 Å². The van der Waals surface area contributed by atoms with Crippen molar-refractivity contribution in [2.75, 3.05) is 32.1 Å². The molecular formula is C15H24N2O3. The standard InChI is InChI=1S/C15H24N2O3/c1-4-20-14-7-5-13(6-8-14)16-15(19)11-17(3)10-9-12(2)18/h5-8,12,18H,4,9-11H2,1-3H3,(H,16,19). The van der Waals surface area contributed by atoms with E-state index in [1.54, 1.807) is 6.92 Å². The third kappa shape index (κ3) is 6.54. The second kappa shape index (κ2) is 8.55. The van der Waals surface area contributed by atoms with Crippen LogP contribution < -0.4 is 10.1 Å². The van der Waals surface area contributed by atoms with Crippen LogP contribution >= 0.6 is 0 Å². The summed E-state index contributed by atoms with van der Waals surface area (Å²) in [6.45, 7) is 5.29. The highest BCUT2D eigenvalue weighted by atomic mass is 16.5. The number of likely N-dealkylation sites (N-methyl/N-ethyl adjacent to an activating group) is 1. The average Bonchev–Trinajstić information content (AvgIpc) is 2.39. The first kappa shape index (κ1) is 16.5. The van der Waals surface area contributed by atoms with Gasteiger partial charge in [0.25, 0.3) is 0 Å². The fourth-order valence-corrected chi connectivity index (χ4v) is 1.73. The van der Waals surface area contributed by atoms with Gasteiger partial charge in [0.2, 0.25) is 5.91 Å². The minimum atomic E-state index is -0.341. The zero-order valence-electron chi connectivity index (χ0n) is 12.4. The molecule has 1 atom stereocenters. The number of anilines is 1. The second-order valence-corrected chi connectivity index (χ2v) is 4.88. The van der Waals surface area contributed by atoms with E-state index in [-0.39, 0.29) is 12.0 Å². The van der Waals surface area contributed by atoms with Crippen LogP contribution in [0.4, 0.5) is 5.69 Å². The van der Waals surface area contributed by atoms with Crippen molar-refractivity contribution in [2.24, 2.45) is 0 Å². The van der Waals surface area contributed by atoms with Crippen molar-refractivity contribution in [1.82, 2.24) is 4.90 Å². The van der Waals surface area contributed by atoms with Crippen LogP contribution in [0.25, 0.3) is 0 Å². The van der Waals surface area contributed by atoms with Crippen LogP contribution in [0.3, 0.4) is 0 Å². The van der Waals surface area contributed by atoms with Gasteiger partial charge in [0.1, 0.15) is 5.75 Å². The molecule has 0 aliphatic heterocycles. The molecule has 0 heterocycles. The fourth-order valence-electron chi connectivity index (χ4n) is 1.73. The molecule has 112 valence electrons. The highest BCUT2D eigenvalue weighted by molar-refractivity contribution is 5.92. The second-order valence-electron chi connectivity index (χ2n) is 4.88. The summed E-state index contributed by atoms with van der Waals surface area (Å²) in [6.07, 6.45) is 0.318. The van der Waals surface area contributed by atoms with Crippen LogP contribution in [0.5, 0.6) is 5.75 Å². The van der Waals surface area contributed by atoms with E-state index >= 15 is 0 Å². The molecule has 1 unspecified atom stereocenters. The van der Waals surface area contributed by atoms with E-state index in [1.807, 2.05) is 43.1 Å². The molecule has 0 saturated heterocycles. The number of carbonyl (C=O) groups is 1. The van der Waals surface area contributed by atoms with E-state index in [2.05, 4.69) is 5.32 Å². The number of benzene rings is 1. The quantitative estimate of drug-likeness (QED) is 0.761. The molecule has 1 aromatic carbocycles. The van der Waals surface area contributed by atoms with Gasteiger partial charge >= 0.3 is 0 Å². The van der Waals surface area contributed by atoms with E-state index < -0.39 is 0 Å². The predicted octanol–water partition coefficient (Wildman–Crippen LogP) is 1.73. The summed E-state index contributed by atoms with van der Waals surface area (Å²) >= 11 is 0. The lowest BCUT2D eigenvalue weighted by molar-refractivity contribution is -0.117. The number of carbonyl (C=O) groups excluding carboxylic acids is 1. The molecule has 0 aromatic heterocycles. The summed E-state index contributed by atoms with van der Waals surface area (Å²) in [4.78, 5) is 13.7. The molecule has 20 heavy (non-hydrogen) atoms. The summed E-state index contributed by atoms with van der Waals surface area (Å²) in [5, 5.41) is 12.0. The molecule has 1 aromatic rings. The van der Waals surface area contributed by atoms with E-state index in [0.717, 1.165) is 11.4 Å². The Kier molecular flexibility index (Phi) is 7.04. The minimum absolute atomic E-state index is 0.0674. The van der Waals surface area contributed by atoms with Gasteiger partial charge in [0.15, 0.2) is 0 Å². The maximum absolute atomic E-state index is 11.8. The molecule has 0 bridgehead atoms. The van der Waals surface area contributed by atoms with Gasteiger partial charge in [-0.05, 0) is 51.6 Å². The largest absolute Gasteiger partial charge is 0.494 e. The Morgan fingerprint density at radius 2 is 2.05 bits per heavy atom. The van der Waals surface area contributed by atoms with Gasteiger partial charge < -0.3 is 15.2 Å². The van der Waals surface area contributed by atoms with Crippen molar-refractivity contribution in [1.29, 1.82) is 0 Å². The van der Waals surface area contributed by atoms with Crippen LogP contribution in [0.2, 0.25) is 0 Å². The topological polar surface area (TPSA) is 61.8 Å². The highest BCUT2D eigenvalue weighted by Gasteiger charge is 2.08. The monoisotopic (exact) mass is 280 g/mol. The van der Waals surface area contributed by atoms with Crippen LogP contribution in [-0.2, 0) is 4.79 Å². The van der Waals surface area contributed by atoms with Crippen LogP contribution in [0.15, 0.2) is 24.3 Å². The van der Waals surface area contributed by atoms with E-state index in [9.17, 15) is 9.90 Å². The number of rotatable bonds is 8. The smallest absolute Gasteiger partial charge is 0.238 e. The fraction of sp³-hybridized carbons (Fsp3) is 0.533. The van der Waals surface area contributed by atoms with Crippen molar-refractivity contribution in [3.8, 4) is 5.75 Å². The molecule has 0 radical (unpaired) electrons. The Labute approximate surface area is 120 Å². The number of ether oxygens (including phenoxy) is 1. The maximum Gasteiger partial charge on any atom is 0.238 e. The Morgan fingerprint density at radius 3 is 2.60 bits per heavy atom. The molecule has 1 rings (SSSR count). The summed E-state index contributed by atoms with van der Waals surface area (Å²) in [6, 6.07) is 7.30. The third-order valence-electron chi connectivity index (χ3n) is 2.79. The van der Waals surface area contributed by atoms with Crippen LogP contribution in [0.1, 0.15) is 20.3 Å². The van der Waals surface area contributed by atoms with Crippen molar-refractivity contribution in [3.63, 3.8) is 0 Å². The van der Waals surface area contributed by atoms with Gasteiger partial charge in [-0.1, -0.05) is 0 Å². The van der Waals surface area contributed by atoms with Crippen molar-refractivity contribution in [3.05, 3.63) is 24.3 Å². The van der Waals surface area contributed by atoms with Gasteiger partial charge in [0, 0.05) is 12.2 Å². The number of nitrogens with one attached hydrogen (secondary N) is 1. The number of amides is 1. The third-order valence-corrected chi connectivity index (χ3v) is 2.79. The number of hydrogen-bond donors (Lipinski definition) is 2. The summed E-state index contributed by atoms with van der Waals surface area (Å²) in [5.41, 5.74) is 0.752. The Hall–Kier alpha value is -1.59. The van der Waals surface area contributed by atoms with Crippen molar-refractivity contribution in [2.45, 2.75) is 26.4 Å². The molecule has 2 N–H and O–H groups in total. The number of aliphatic hydroxyl groups is 1. The molecule has 0 spiro atoms. The average molecular weight is 280 g/mol. The zero-order valence-corrected chi connectivity index (χ0v) is 12.4.